The first-order valence-corrected chi connectivity index (χ1v) is 6.70. The Bertz CT molecular complexity index is 514. The Hall–Kier alpha value is -1.68. The summed E-state index contributed by atoms with van der Waals surface area (Å²) in [7, 11) is -1.00. The minimum absolute atomic E-state index is 0.592. The second-order valence-corrected chi connectivity index (χ2v) is 5.30. The van der Waals surface area contributed by atoms with Crippen molar-refractivity contribution in [1.29, 1.82) is 0 Å². The minimum Gasteiger partial charge on any atom is -0.399 e. The number of aromatic nitrogens is 1. The van der Waals surface area contributed by atoms with Crippen molar-refractivity contribution in [1.82, 2.24) is 4.98 Å². The van der Waals surface area contributed by atoms with Crippen molar-refractivity contribution in [2.75, 3.05) is 11.5 Å². The van der Waals surface area contributed by atoms with Gasteiger partial charge in [0.2, 0.25) is 0 Å². The lowest BCUT2D eigenvalue weighted by atomic mass is 10.2. The quantitative estimate of drug-likeness (QED) is 0.840. The molecule has 2 N–H and O–H groups in total. The molecule has 0 bridgehead atoms. The van der Waals surface area contributed by atoms with Crippen LogP contribution in [-0.2, 0) is 17.2 Å². The van der Waals surface area contributed by atoms with Crippen LogP contribution in [0.2, 0.25) is 0 Å². The normalized spacial score (nSPS) is 12.2. The van der Waals surface area contributed by atoms with Gasteiger partial charge in [-0.2, -0.15) is 0 Å². The molecule has 2 rings (SSSR count). The predicted octanol–water partition coefficient (Wildman–Crippen LogP) is 2.01. The van der Waals surface area contributed by atoms with E-state index in [-0.39, 0.29) is 0 Å². The fraction of sp³-hybridized carbons (Fsp3) is 0.154. The second-order valence-electron chi connectivity index (χ2n) is 3.73. The number of rotatable bonds is 4. The van der Waals surface area contributed by atoms with Crippen LogP contribution in [0.1, 0.15) is 5.56 Å². The Morgan fingerprint density at radius 2 is 2.12 bits per heavy atom. The molecule has 88 valence electrons. The van der Waals surface area contributed by atoms with Gasteiger partial charge in [0.1, 0.15) is 0 Å². The molecule has 1 aromatic carbocycles. The molecule has 3 nitrogen and oxygen atoms in total. The first-order chi connectivity index (χ1) is 8.25. The zero-order valence-corrected chi connectivity index (χ0v) is 10.2. The zero-order chi connectivity index (χ0) is 12.1. The highest BCUT2D eigenvalue weighted by Gasteiger charge is 2.04. The molecule has 0 aliphatic heterocycles. The van der Waals surface area contributed by atoms with E-state index in [1.807, 2.05) is 24.3 Å². The standard InChI is InChI=1S/C13H14N2OS/c14-12-4-1-5-13(9-12)17(16)8-6-11-3-2-7-15-10-11/h1-5,7,9-10H,6,8,14H2. The summed E-state index contributed by atoms with van der Waals surface area (Å²) < 4.78 is 12.0. The molecule has 0 saturated carbocycles. The third-order valence-electron chi connectivity index (χ3n) is 2.42. The summed E-state index contributed by atoms with van der Waals surface area (Å²) >= 11 is 0. The van der Waals surface area contributed by atoms with E-state index in [0.717, 1.165) is 16.9 Å². The molecule has 1 atom stereocenters. The molecule has 0 aliphatic carbocycles. The van der Waals surface area contributed by atoms with Crippen LogP contribution in [0.3, 0.4) is 0 Å². The summed E-state index contributed by atoms with van der Waals surface area (Å²) in [5.41, 5.74) is 7.41. The Labute approximate surface area is 103 Å². The second kappa shape index (κ2) is 5.59. The zero-order valence-electron chi connectivity index (χ0n) is 9.37. The van der Waals surface area contributed by atoms with Gasteiger partial charge < -0.3 is 5.73 Å². The topological polar surface area (TPSA) is 56.0 Å². The molecule has 1 heterocycles. The smallest absolute Gasteiger partial charge is 0.0533 e. The number of nitrogens with two attached hydrogens (primary N) is 1. The lowest BCUT2D eigenvalue weighted by molar-refractivity contribution is 0.682. The maximum Gasteiger partial charge on any atom is 0.0533 e. The van der Waals surface area contributed by atoms with Crippen molar-refractivity contribution in [2.24, 2.45) is 0 Å². The van der Waals surface area contributed by atoms with Crippen molar-refractivity contribution < 1.29 is 4.21 Å². The van der Waals surface area contributed by atoms with Gasteiger partial charge in [0.15, 0.2) is 0 Å². The maximum atomic E-state index is 12.0. The van der Waals surface area contributed by atoms with E-state index in [1.165, 1.54) is 0 Å². The highest BCUT2D eigenvalue weighted by molar-refractivity contribution is 7.85. The van der Waals surface area contributed by atoms with Gasteiger partial charge in [0.25, 0.3) is 0 Å². The molecule has 0 aliphatic rings. The number of anilines is 1. The molecule has 2 aromatic rings. The van der Waals surface area contributed by atoms with Crippen LogP contribution in [-0.4, -0.2) is 14.9 Å². The van der Waals surface area contributed by atoms with Gasteiger partial charge in [-0.25, -0.2) is 0 Å². The van der Waals surface area contributed by atoms with E-state index >= 15 is 0 Å². The number of hydrogen-bond donors (Lipinski definition) is 1. The molecule has 0 amide bonds. The number of aryl methyl sites for hydroxylation is 1. The molecule has 0 saturated heterocycles. The molecular formula is C13H14N2OS. The van der Waals surface area contributed by atoms with Crippen LogP contribution >= 0.6 is 0 Å². The molecule has 4 heteroatoms. The fourth-order valence-electron chi connectivity index (χ4n) is 1.53. The molecule has 17 heavy (non-hydrogen) atoms. The van der Waals surface area contributed by atoms with Gasteiger partial charge in [0.05, 0.1) is 10.8 Å². The summed E-state index contributed by atoms with van der Waals surface area (Å²) in [6, 6.07) is 11.1. The van der Waals surface area contributed by atoms with Crippen LogP contribution in [0.15, 0.2) is 53.7 Å². The summed E-state index contributed by atoms with van der Waals surface area (Å²) in [6.07, 6.45) is 4.30. The Balaban J connectivity index is 1.98. The third kappa shape index (κ3) is 3.39. The van der Waals surface area contributed by atoms with Gasteiger partial charge >= 0.3 is 0 Å². The van der Waals surface area contributed by atoms with Gasteiger partial charge in [-0.15, -0.1) is 0 Å². The van der Waals surface area contributed by atoms with E-state index < -0.39 is 10.8 Å². The van der Waals surface area contributed by atoms with Crippen LogP contribution in [0.25, 0.3) is 0 Å². The molecular weight excluding hydrogens is 232 g/mol. The maximum absolute atomic E-state index is 12.0. The van der Waals surface area contributed by atoms with Crippen LogP contribution in [0.5, 0.6) is 0 Å². The van der Waals surface area contributed by atoms with E-state index in [0.29, 0.717) is 11.4 Å². The number of nitrogen functional groups attached to an aromatic ring is 1. The first kappa shape index (κ1) is 11.8. The monoisotopic (exact) mass is 246 g/mol. The summed E-state index contributed by atoms with van der Waals surface area (Å²) in [5.74, 6) is 0.592. The SMILES string of the molecule is Nc1cccc(S(=O)CCc2cccnc2)c1. The van der Waals surface area contributed by atoms with Crippen LogP contribution in [0, 0.1) is 0 Å². The Morgan fingerprint density at radius 3 is 2.82 bits per heavy atom. The van der Waals surface area contributed by atoms with Crippen molar-refractivity contribution >= 4 is 16.5 Å². The van der Waals surface area contributed by atoms with Crippen molar-refractivity contribution in [3.8, 4) is 0 Å². The van der Waals surface area contributed by atoms with Crippen molar-refractivity contribution in [3.63, 3.8) is 0 Å². The first-order valence-electron chi connectivity index (χ1n) is 5.38. The van der Waals surface area contributed by atoms with Gasteiger partial charge in [-0.1, -0.05) is 12.1 Å². The van der Waals surface area contributed by atoms with Crippen molar-refractivity contribution in [2.45, 2.75) is 11.3 Å². The number of hydrogen-bond acceptors (Lipinski definition) is 3. The van der Waals surface area contributed by atoms with Crippen LogP contribution in [0.4, 0.5) is 5.69 Å². The molecule has 0 fully saturated rings. The summed E-state index contributed by atoms with van der Waals surface area (Å²) in [4.78, 5) is 4.82. The fourth-order valence-corrected chi connectivity index (χ4v) is 2.69. The van der Waals surface area contributed by atoms with E-state index in [4.69, 9.17) is 5.73 Å². The summed E-state index contributed by atoms with van der Waals surface area (Å²) in [5, 5.41) is 0. The average Bonchev–Trinajstić information content (AvgIpc) is 2.37. The Kier molecular flexibility index (Phi) is 3.88. The van der Waals surface area contributed by atoms with E-state index in [1.54, 1.807) is 24.5 Å². The highest BCUT2D eigenvalue weighted by atomic mass is 32.2. The molecule has 1 aromatic heterocycles. The number of benzene rings is 1. The van der Waals surface area contributed by atoms with Gasteiger partial charge in [0, 0.05) is 28.7 Å². The molecule has 0 radical (unpaired) electrons. The average molecular weight is 246 g/mol. The van der Waals surface area contributed by atoms with Gasteiger partial charge in [-0.3, -0.25) is 9.19 Å². The lowest BCUT2D eigenvalue weighted by Crippen LogP contribution is -2.02. The molecule has 0 spiro atoms. The number of nitrogens with zero attached hydrogens (tertiary/aromatic N) is 1. The number of pyridine rings is 1. The van der Waals surface area contributed by atoms with Crippen molar-refractivity contribution in [3.05, 3.63) is 54.4 Å². The lowest BCUT2D eigenvalue weighted by Gasteiger charge is -2.03. The summed E-state index contributed by atoms with van der Waals surface area (Å²) in [6.45, 7) is 0. The third-order valence-corrected chi connectivity index (χ3v) is 3.77. The van der Waals surface area contributed by atoms with Gasteiger partial charge in [-0.05, 0) is 36.2 Å². The Morgan fingerprint density at radius 1 is 1.24 bits per heavy atom. The minimum atomic E-state index is -1.00. The predicted molar refractivity (Wildman–Crippen MR) is 70.1 cm³/mol. The largest absolute Gasteiger partial charge is 0.399 e. The highest BCUT2D eigenvalue weighted by Crippen LogP contribution is 2.12. The van der Waals surface area contributed by atoms with E-state index in [2.05, 4.69) is 4.98 Å². The van der Waals surface area contributed by atoms with Crippen LogP contribution < -0.4 is 5.73 Å². The molecule has 1 unspecified atom stereocenters. The van der Waals surface area contributed by atoms with E-state index in [9.17, 15) is 4.21 Å².